The van der Waals surface area contributed by atoms with E-state index >= 15 is 0 Å². The van der Waals surface area contributed by atoms with Gasteiger partial charge >= 0.3 is 0 Å². The summed E-state index contributed by atoms with van der Waals surface area (Å²) in [6.07, 6.45) is 6.67. The molecule has 1 amide bonds. The molecule has 0 saturated heterocycles. The van der Waals surface area contributed by atoms with Gasteiger partial charge in [0.25, 0.3) is 5.91 Å². The maximum Gasteiger partial charge on any atom is 0.269 e. The third-order valence-electron chi connectivity index (χ3n) is 5.02. The van der Waals surface area contributed by atoms with E-state index in [4.69, 9.17) is 0 Å². The average molecular weight is 354 g/mol. The number of H-pyrrole nitrogens is 1. The highest BCUT2D eigenvalue weighted by atomic mass is 16.3. The lowest BCUT2D eigenvalue weighted by molar-refractivity contribution is 0.0234. The SMILES string of the molecule is Cn1cc([C@@H](NC(=O)c2cc(-c3cccn3C)n[nH]2)C2CC(O)C2)cn1. The summed E-state index contributed by atoms with van der Waals surface area (Å²) < 4.78 is 3.67. The van der Waals surface area contributed by atoms with Crippen molar-refractivity contribution < 1.29 is 9.90 Å². The molecule has 0 spiro atoms. The number of aliphatic hydroxyl groups excluding tert-OH is 1. The Balaban J connectivity index is 1.53. The van der Waals surface area contributed by atoms with E-state index in [1.807, 2.05) is 43.2 Å². The fourth-order valence-electron chi connectivity index (χ4n) is 3.49. The number of nitrogens with one attached hydrogen (secondary N) is 2. The van der Waals surface area contributed by atoms with Crippen LogP contribution in [-0.2, 0) is 14.1 Å². The molecule has 1 saturated carbocycles. The van der Waals surface area contributed by atoms with Crippen LogP contribution in [-0.4, -0.2) is 41.7 Å². The summed E-state index contributed by atoms with van der Waals surface area (Å²) in [7, 11) is 3.78. The van der Waals surface area contributed by atoms with Crippen LogP contribution in [0.25, 0.3) is 11.4 Å². The van der Waals surface area contributed by atoms with Crippen LogP contribution in [0.15, 0.2) is 36.8 Å². The Hall–Kier alpha value is -2.87. The van der Waals surface area contributed by atoms with Crippen molar-refractivity contribution in [1.82, 2.24) is 29.9 Å². The number of amides is 1. The quantitative estimate of drug-likeness (QED) is 0.644. The fraction of sp³-hybridized carbons (Fsp3) is 0.389. The number of aryl methyl sites for hydroxylation is 2. The highest BCUT2D eigenvalue weighted by molar-refractivity contribution is 5.93. The van der Waals surface area contributed by atoms with E-state index in [-0.39, 0.29) is 24.0 Å². The van der Waals surface area contributed by atoms with Crippen molar-refractivity contribution in [2.24, 2.45) is 20.0 Å². The van der Waals surface area contributed by atoms with Gasteiger partial charge in [0.1, 0.15) is 11.4 Å². The number of aromatic nitrogens is 5. The summed E-state index contributed by atoms with van der Waals surface area (Å²) in [4.78, 5) is 12.8. The Bertz CT molecular complexity index is 918. The molecule has 1 fully saturated rings. The normalized spacial score (nSPS) is 20.6. The third kappa shape index (κ3) is 3.03. The van der Waals surface area contributed by atoms with Crippen molar-refractivity contribution >= 4 is 5.91 Å². The third-order valence-corrected chi connectivity index (χ3v) is 5.02. The van der Waals surface area contributed by atoms with Gasteiger partial charge in [0.05, 0.1) is 24.0 Å². The molecule has 0 radical (unpaired) electrons. The van der Waals surface area contributed by atoms with Crippen molar-refractivity contribution in [3.63, 3.8) is 0 Å². The topological polar surface area (TPSA) is 101 Å². The lowest BCUT2D eigenvalue weighted by Gasteiger charge is -2.37. The molecule has 0 bridgehead atoms. The zero-order valence-corrected chi connectivity index (χ0v) is 14.8. The minimum atomic E-state index is -0.285. The zero-order valence-electron chi connectivity index (χ0n) is 14.8. The van der Waals surface area contributed by atoms with Crippen LogP contribution in [0.2, 0.25) is 0 Å². The van der Waals surface area contributed by atoms with E-state index < -0.39 is 0 Å². The first-order chi connectivity index (χ1) is 12.5. The second kappa shape index (κ2) is 6.45. The molecule has 3 heterocycles. The summed E-state index contributed by atoms with van der Waals surface area (Å²) in [5.41, 5.74) is 3.01. The highest BCUT2D eigenvalue weighted by Crippen LogP contribution is 2.38. The monoisotopic (exact) mass is 354 g/mol. The van der Waals surface area contributed by atoms with E-state index in [2.05, 4.69) is 20.6 Å². The number of aromatic amines is 1. The minimum absolute atomic E-state index is 0.179. The van der Waals surface area contributed by atoms with Crippen molar-refractivity contribution in [2.75, 3.05) is 0 Å². The van der Waals surface area contributed by atoms with Gasteiger partial charge in [-0.3, -0.25) is 14.6 Å². The van der Waals surface area contributed by atoms with E-state index in [1.54, 1.807) is 16.9 Å². The van der Waals surface area contributed by atoms with E-state index in [0.29, 0.717) is 18.5 Å². The molecular formula is C18H22N6O2. The number of carbonyl (C=O) groups is 1. The first-order valence-electron chi connectivity index (χ1n) is 8.66. The van der Waals surface area contributed by atoms with Crippen LogP contribution in [0.5, 0.6) is 0 Å². The van der Waals surface area contributed by atoms with Gasteiger partial charge < -0.3 is 15.0 Å². The Labute approximate surface area is 150 Å². The van der Waals surface area contributed by atoms with Crippen LogP contribution in [0.3, 0.4) is 0 Å². The highest BCUT2D eigenvalue weighted by Gasteiger charge is 2.36. The average Bonchev–Trinajstić information content (AvgIpc) is 3.30. The minimum Gasteiger partial charge on any atom is -0.393 e. The number of rotatable bonds is 5. The summed E-state index contributed by atoms with van der Waals surface area (Å²) >= 11 is 0. The van der Waals surface area contributed by atoms with Gasteiger partial charge in [-0.05, 0) is 37.0 Å². The predicted molar refractivity (Wildman–Crippen MR) is 95.1 cm³/mol. The van der Waals surface area contributed by atoms with Crippen molar-refractivity contribution in [1.29, 1.82) is 0 Å². The molecule has 3 aromatic rings. The molecular weight excluding hydrogens is 332 g/mol. The second-order valence-electron chi connectivity index (χ2n) is 6.95. The van der Waals surface area contributed by atoms with E-state index in [9.17, 15) is 9.90 Å². The van der Waals surface area contributed by atoms with Gasteiger partial charge in [-0.1, -0.05) is 0 Å². The maximum atomic E-state index is 12.8. The first kappa shape index (κ1) is 16.6. The zero-order chi connectivity index (χ0) is 18.3. The summed E-state index contributed by atoms with van der Waals surface area (Å²) in [5, 5.41) is 24.0. The lowest BCUT2D eigenvalue weighted by Crippen LogP contribution is -2.41. The Morgan fingerprint density at radius 1 is 1.42 bits per heavy atom. The van der Waals surface area contributed by atoms with Gasteiger partial charge in [-0.2, -0.15) is 10.2 Å². The van der Waals surface area contributed by atoms with Crippen LogP contribution in [0.4, 0.5) is 0 Å². The molecule has 0 aliphatic heterocycles. The molecule has 4 rings (SSSR count). The van der Waals surface area contributed by atoms with Gasteiger partial charge in [-0.15, -0.1) is 0 Å². The van der Waals surface area contributed by atoms with E-state index in [0.717, 1.165) is 17.0 Å². The second-order valence-corrected chi connectivity index (χ2v) is 6.95. The van der Waals surface area contributed by atoms with Crippen LogP contribution >= 0.6 is 0 Å². The van der Waals surface area contributed by atoms with Crippen LogP contribution in [0.1, 0.15) is 34.9 Å². The molecule has 1 aliphatic rings. The largest absolute Gasteiger partial charge is 0.393 e. The maximum absolute atomic E-state index is 12.8. The molecule has 3 aromatic heterocycles. The smallest absolute Gasteiger partial charge is 0.269 e. The molecule has 26 heavy (non-hydrogen) atoms. The van der Waals surface area contributed by atoms with Crippen molar-refractivity contribution in [2.45, 2.75) is 25.0 Å². The molecule has 0 aromatic carbocycles. The summed E-state index contributed by atoms with van der Waals surface area (Å²) in [6, 6.07) is 5.46. The number of aliphatic hydroxyl groups is 1. The van der Waals surface area contributed by atoms with Gasteiger partial charge in [0.15, 0.2) is 0 Å². The van der Waals surface area contributed by atoms with Gasteiger partial charge in [0.2, 0.25) is 0 Å². The standard InChI is InChI=1S/C18H22N6O2/c1-23-5-3-4-16(23)14-8-15(22-21-14)18(26)20-17(11-6-13(25)7-11)12-9-19-24(2)10-12/h3-5,8-11,13,17,25H,6-7H2,1-2H3,(H,20,26)(H,21,22)/t11?,13?,17-/m0/s1. The molecule has 1 atom stereocenters. The first-order valence-corrected chi connectivity index (χ1v) is 8.66. The predicted octanol–water partition coefficient (Wildman–Crippen LogP) is 1.39. The van der Waals surface area contributed by atoms with Gasteiger partial charge in [-0.25, -0.2) is 0 Å². The van der Waals surface area contributed by atoms with Crippen molar-refractivity contribution in [3.8, 4) is 11.4 Å². The molecule has 3 N–H and O–H groups in total. The molecule has 1 aliphatic carbocycles. The van der Waals surface area contributed by atoms with Crippen LogP contribution < -0.4 is 5.32 Å². The molecule has 136 valence electrons. The van der Waals surface area contributed by atoms with Crippen molar-refractivity contribution in [3.05, 3.63) is 48.0 Å². The van der Waals surface area contributed by atoms with Crippen LogP contribution in [0, 0.1) is 5.92 Å². The Kier molecular flexibility index (Phi) is 4.12. The summed E-state index contributed by atoms with van der Waals surface area (Å²) in [6.45, 7) is 0. The molecule has 8 heteroatoms. The molecule has 8 nitrogen and oxygen atoms in total. The Morgan fingerprint density at radius 2 is 2.23 bits per heavy atom. The fourth-order valence-corrected chi connectivity index (χ4v) is 3.49. The number of carbonyl (C=O) groups excluding carboxylic acids is 1. The Morgan fingerprint density at radius 3 is 2.85 bits per heavy atom. The molecule has 0 unspecified atom stereocenters. The van der Waals surface area contributed by atoms with E-state index in [1.165, 1.54) is 0 Å². The lowest BCUT2D eigenvalue weighted by atomic mass is 9.75. The number of hydrogen-bond acceptors (Lipinski definition) is 4. The van der Waals surface area contributed by atoms with Gasteiger partial charge in [0, 0.05) is 32.1 Å². The number of nitrogens with zero attached hydrogens (tertiary/aromatic N) is 4. The summed E-state index contributed by atoms with van der Waals surface area (Å²) in [5.74, 6) is -0.0124. The number of hydrogen-bond donors (Lipinski definition) is 3.